The first-order valence-corrected chi connectivity index (χ1v) is 9.28. The second-order valence-electron chi connectivity index (χ2n) is 8.33. The van der Waals surface area contributed by atoms with E-state index in [1.54, 1.807) is 0 Å². The number of benzene rings is 1. The predicted octanol–water partition coefficient (Wildman–Crippen LogP) is 6.80. The van der Waals surface area contributed by atoms with Crippen LogP contribution in [0.5, 0.6) is 5.75 Å². The Morgan fingerprint density at radius 1 is 1.22 bits per heavy atom. The van der Waals surface area contributed by atoms with Gasteiger partial charge < -0.3 is 5.11 Å². The maximum absolute atomic E-state index is 10.9. The Morgan fingerprint density at radius 2 is 1.87 bits per heavy atom. The molecule has 2 unspecified atom stereocenters. The zero-order valence-electron chi connectivity index (χ0n) is 15.9. The summed E-state index contributed by atoms with van der Waals surface area (Å²) in [5.74, 6) is 1.68. The Morgan fingerprint density at radius 3 is 2.43 bits per heavy atom. The standard InChI is InChI=1S/C22H34O/c1-7-22(5,6)18-13-17(12-15(2)3)21(23)20(14-18)19-11-9-8-10-16(19)4/h12-14,16,19,23H,7-11H2,1-6H3. The van der Waals surface area contributed by atoms with E-state index >= 15 is 0 Å². The second kappa shape index (κ2) is 7.11. The minimum Gasteiger partial charge on any atom is -0.507 e. The number of phenolic OH excluding ortho intramolecular Hbond substituents is 1. The van der Waals surface area contributed by atoms with Gasteiger partial charge in [0.1, 0.15) is 5.75 Å². The van der Waals surface area contributed by atoms with Gasteiger partial charge >= 0.3 is 0 Å². The van der Waals surface area contributed by atoms with Crippen molar-refractivity contribution in [1.29, 1.82) is 0 Å². The van der Waals surface area contributed by atoms with Crippen LogP contribution in [0, 0.1) is 5.92 Å². The van der Waals surface area contributed by atoms with Crippen molar-refractivity contribution in [3.05, 3.63) is 34.4 Å². The van der Waals surface area contributed by atoms with E-state index in [2.05, 4.69) is 59.8 Å². The lowest BCUT2D eigenvalue weighted by Crippen LogP contribution is -2.19. The van der Waals surface area contributed by atoms with E-state index in [-0.39, 0.29) is 5.41 Å². The van der Waals surface area contributed by atoms with Crippen molar-refractivity contribution in [2.45, 2.75) is 85.0 Å². The van der Waals surface area contributed by atoms with Crippen LogP contribution in [-0.2, 0) is 5.41 Å². The first-order chi connectivity index (χ1) is 10.8. The lowest BCUT2D eigenvalue weighted by molar-refractivity contribution is 0.321. The normalized spacial score (nSPS) is 22.0. The fraction of sp³-hybridized carbons (Fsp3) is 0.636. The molecule has 128 valence electrons. The van der Waals surface area contributed by atoms with Crippen LogP contribution in [0.4, 0.5) is 0 Å². The highest BCUT2D eigenvalue weighted by molar-refractivity contribution is 5.63. The van der Waals surface area contributed by atoms with Gasteiger partial charge in [0, 0.05) is 5.56 Å². The molecule has 0 aromatic heterocycles. The van der Waals surface area contributed by atoms with Gasteiger partial charge in [-0.05, 0) is 61.1 Å². The van der Waals surface area contributed by atoms with Gasteiger partial charge in [0.25, 0.3) is 0 Å². The summed E-state index contributed by atoms with van der Waals surface area (Å²) < 4.78 is 0. The summed E-state index contributed by atoms with van der Waals surface area (Å²) in [6, 6.07) is 4.50. The van der Waals surface area contributed by atoms with E-state index in [9.17, 15) is 5.11 Å². The predicted molar refractivity (Wildman–Crippen MR) is 101 cm³/mol. The van der Waals surface area contributed by atoms with Crippen molar-refractivity contribution >= 4 is 6.08 Å². The molecule has 2 rings (SSSR count). The molecule has 0 aliphatic heterocycles. The first kappa shape index (κ1) is 18.1. The zero-order valence-corrected chi connectivity index (χ0v) is 15.9. The van der Waals surface area contributed by atoms with Crippen molar-refractivity contribution in [3.63, 3.8) is 0 Å². The van der Waals surface area contributed by atoms with E-state index in [0.717, 1.165) is 12.0 Å². The van der Waals surface area contributed by atoms with Crippen LogP contribution >= 0.6 is 0 Å². The minimum atomic E-state index is 0.143. The van der Waals surface area contributed by atoms with Gasteiger partial charge in [-0.25, -0.2) is 0 Å². The number of allylic oxidation sites excluding steroid dienone is 1. The second-order valence-corrected chi connectivity index (χ2v) is 8.33. The van der Waals surface area contributed by atoms with Crippen LogP contribution in [0.25, 0.3) is 6.08 Å². The van der Waals surface area contributed by atoms with E-state index in [1.165, 1.54) is 42.4 Å². The zero-order chi connectivity index (χ0) is 17.2. The van der Waals surface area contributed by atoms with Crippen molar-refractivity contribution in [2.24, 2.45) is 5.92 Å². The molecular formula is C22H34O. The third kappa shape index (κ3) is 4.00. The molecule has 0 heterocycles. The maximum atomic E-state index is 10.9. The molecular weight excluding hydrogens is 280 g/mol. The molecule has 1 aliphatic rings. The van der Waals surface area contributed by atoms with Gasteiger partial charge in [0.2, 0.25) is 0 Å². The SMILES string of the molecule is CCC(C)(C)c1cc(C=C(C)C)c(O)c(C2CCCCC2C)c1. The number of hydrogen-bond acceptors (Lipinski definition) is 1. The molecule has 0 radical (unpaired) electrons. The lowest BCUT2D eigenvalue weighted by atomic mass is 9.73. The van der Waals surface area contributed by atoms with Crippen molar-refractivity contribution in [2.75, 3.05) is 0 Å². The van der Waals surface area contributed by atoms with Crippen LogP contribution in [0.1, 0.15) is 96.3 Å². The highest BCUT2D eigenvalue weighted by atomic mass is 16.3. The molecule has 2 atom stereocenters. The van der Waals surface area contributed by atoms with E-state index in [0.29, 0.717) is 17.6 Å². The highest BCUT2D eigenvalue weighted by Gasteiger charge is 2.28. The van der Waals surface area contributed by atoms with E-state index in [4.69, 9.17) is 0 Å². The number of hydrogen-bond donors (Lipinski definition) is 1. The summed E-state index contributed by atoms with van der Waals surface area (Å²) in [4.78, 5) is 0. The summed E-state index contributed by atoms with van der Waals surface area (Å²) in [6.07, 6.45) is 8.34. The summed E-state index contributed by atoms with van der Waals surface area (Å²) in [5.41, 5.74) is 4.91. The molecule has 0 bridgehead atoms. The third-order valence-corrected chi connectivity index (χ3v) is 5.79. The van der Waals surface area contributed by atoms with Crippen LogP contribution in [0.2, 0.25) is 0 Å². The number of rotatable bonds is 4. The lowest BCUT2D eigenvalue weighted by Gasteiger charge is -2.32. The van der Waals surface area contributed by atoms with E-state index < -0.39 is 0 Å². The molecule has 1 heteroatoms. The largest absolute Gasteiger partial charge is 0.507 e. The van der Waals surface area contributed by atoms with Crippen LogP contribution < -0.4 is 0 Å². The fourth-order valence-electron chi connectivity index (χ4n) is 3.76. The Bertz CT molecular complexity index is 576. The Hall–Kier alpha value is -1.24. The van der Waals surface area contributed by atoms with Gasteiger partial charge in [-0.3, -0.25) is 0 Å². The van der Waals surface area contributed by atoms with Gasteiger partial charge in [0.05, 0.1) is 0 Å². The molecule has 1 aromatic carbocycles. The molecule has 23 heavy (non-hydrogen) atoms. The first-order valence-electron chi connectivity index (χ1n) is 9.28. The highest BCUT2D eigenvalue weighted by Crippen LogP contribution is 2.44. The van der Waals surface area contributed by atoms with Crippen molar-refractivity contribution < 1.29 is 5.11 Å². The quantitative estimate of drug-likeness (QED) is 0.648. The maximum Gasteiger partial charge on any atom is 0.126 e. The molecule has 1 aromatic rings. The Labute approximate surface area is 142 Å². The molecule has 1 fully saturated rings. The van der Waals surface area contributed by atoms with Crippen LogP contribution in [0.15, 0.2) is 17.7 Å². The fourth-order valence-corrected chi connectivity index (χ4v) is 3.76. The van der Waals surface area contributed by atoms with Gasteiger partial charge in [-0.15, -0.1) is 0 Å². The smallest absolute Gasteiger partial charge is 0.126 e. The number of aromatic hydroxyl groups is 1. The Balaban J connectivity index is 2.60. The Kier molecular flexibility index (Phi) is 5.60. The number of phenols is 1. The van der Waals surface area contributed by atoms with E-state index in [1.807, 2.05) is 0 Å². The summed E-state index contributed by atoms with van der Waals surface area (Å²) in [6.45, 7) is 13.4. The summed E-state index contributed by atoms with van der Waals surface area (Å²) in [5, 5.41) is 10.9. The summed E-state index contributed by atoms with van der Waals surface area (Å²) in [7, 11) is 0. The minimum absolute atomic E-state index is 0.143. The molecule has 1 saturated carbocycles. The molecule has 0 saturated heterocycles. The van der Waals surface area contributed by atoms with Crippen molar-refractivity contribution in [1.82, 2.24) is 0 Å². The van der Waals surface area contributed by atoms with Crippen molar-refractivity contribution in [3.8, 4) is 5.75 Å². The van der Waals surface area contributed by atoms with Gasteiger partial charge in [-0.1, -0.05) is 64.7 Å². The molecule has 0 spiro atoms. The van der Waals surface area contributed by atoms with Gasteiger partial charge in [-0.2, -0.15) is 0 Å². The van der Waals surface area contributed by atoms with Crippen LogP contribution in [-0.4, -0.2) is 5.11 Å². The molecule has 1 aliphatic carbocycles. The molecule has 1 nitrogen and oxygen atoms in total. The van der Waals surface area contributed by atoms with Gasteiger partial charge in [0.15, 0.2) is 0 Å². The molecule has 1 N–H and O–H groups in total. The average molecular weight is 315 g/mol. The molecule has 0 amide bonds. The summed E-state index contributed by atoms with van der Waals surface area (Å²) >= 11 is 0. The average Bonchev–Trinajstić information content (AvgIpc) is 2.49. The van der Waals surface area contributed by atoms with Crippen LogP contribution in [0.3, 0.4) is 0 Å². The third-order valence-electron chi connectivity index (χ3n) is 5.79. The topological polar surface area (TPSA) is 20.2 Å². The monoisotopic (exact) mass is 314 g/mol.